The lowest BCUT2D eigenvalue weighted by atomic mass is 9.71. The van der Waals surface area contributed by atoms with E-state index in [9.17, 15) is 18.8 Å². The first-order valence-electron chi connectivity index (χ1n) is 11.2. The number of halogens is 1. The molecule has 2 amide bonds. The van der Waals surface area contributed by atoms with E-state index in [1.165, 1.54) is 12.0 Å². The van der Waals surface area contributed by atoms with Crippen LogP contribution in [0.2, 0.25) is 0 Å². The van der Waals surface area contributed by atoms with Crippen LogP contribution in [0.3, 0.4) is 0 Å². The van der Waals surface area contributed by atoms with Gasteiger partial charge in [0.25, 0.3) is 0 Å². The van der Waals surface area contributed by atoms with Gasteiger partial charge in [0.2, 0.25) is 5.91 Å². The molecule has 31 heavy (non-hydrogen) atoms. The number of likely N-dealkylation sites (tertiary alicyclic amines) is 1. The molecule has 2 heterocycles. The number of alkyl carbamates (subject to hydrolysis) is 1. The van der Waals surface area contributed by atoms with Crippen molar-refractivity contribution in [3.8, 4) is 0 Å². The lowest BCUT2D eigenvalue weighted by Gasteiger charge is -2.36. The Balaban J connectivity index is 1.86. The molecule has 2 aliphatic heterocycles. The van der Waals surface area contributed by atoms with Gasteiger partial charge in [0.15, 0.2) is 0 Å². The summed E-state index contributed by atoms with van der Waals surface area (Å²) in [5.74, 6) is -1.62. The van der Waals surface area contributed by atoms with Crippen molar-refractivity contribution < 1.29 is 33.0 Å². The summed E-state index contributed by atoms with van der Waals surface area (Å²) < 4.78 is 30.5. The van der Waals surface area contributed by atoms with E-state index in [1.807, 2.05) is 0 Å². The zero-order valence-corrected chi connectivity index (χ0v) is 19.1. The average molecular weight is 443 g/mol. The van der Waals surface area contributed by atoms with Gasteiger partial charge in [0.05, 0.1) is 13.2 Å². The maximum atomic E-state index is 14.5. The van der Waals surface area contributed by atoms with Gasteiger partial charge < -0.3 is 24.4 Å². The Morgan fingerprint density at radius 3 is 2.48 bits per heavy atom. The van der Waals surface area contributed by atoms with Crippen LogP contribution in [-0.4, -0.2) is 73.1 Å². The first kappa shape index (κ1) is 23.8. The van der Waals surface area contributed by atoms with Gasteiger partial charge in [-0.2, -0.15) is 0 Å². The van der Waals surface area contributed by atoms with Crippen molar-refractivity contribution in [3.05, 3.63) is 0 Å². The van der Waals surface area contributed by atoms with Gasteiger partial charge >= 0.3 is 12.1 Å². The highest BCUT2D eigenvalue weighted by Gasteiger charge is 2.55. The molecular formula is C22H35FN2O6. The highest BCUT2D eigenvalue weighted by molar-refractivity contribution is 5.91. The first-order valence-corrected chi connectivity index (χ1v) is 11.2. The topological polar surface area (TPSA) is 94.2 Å². The molecular weight excluding hydrogens is 407 g/mol. The summed E-state index contributed by atoms with van der Waals surface area (Å²) in [7, 11) is 1.27. The van der Waals surface area contributed by atoms with E-state index in [0.29, 0.717) is 32.4 Å². The van der Waals surface area contributed by atoms with Gasteiger partial charge in [0.1, 0.15) is 23.9 Å². The zero-order valence-electron chi connectivity index (χ0n) is 19.1. The molecule has 0 unspecified atom stereocenters. The van der Waals surface area contributed by atoms with Crippen LogP contribution in [0.4, 0.5) is 9.18 Å². The molecule has 0 aromatic heterocycles. The van der Waals surface area contributed by atoms with E-state index in [1.54, 1.807) is 27.7 Å². The molecule has 0 spiro atoms. The molecule has 8 nitrogen and oxygen atoms in total. The molecule has 3 rings (SSSR count). The second-order valence-corrected chi connectivity index (χ2v) is 9.92. The van der Waals surface area contributed by atoms with Crippen molar-refractivity contribution in [1.82, 2.24) is 10.2 Å². The number of alkyl halides is 1. The first-order chi connectivity index (χ1) is 14.5. The normalized spacial score (nSPS) is 34.1. The number of fused-ring (bicyclic) bond motifs is 1. The average Bonchev–Trinajstić information content (AvgIpc) is 3.34. The fourth-order valence-electron chi connectivity index (χ4n) is 5.26. The quantitative estimate of drug-likeness (QED) is 0.672. The van der Waals surface area contributed by atoms with E-state index in [0.717, 1.165) is 6.42 Å². The number of hydrogen-bond acceptors (Lipinski definition) is 6. The predicted octanol–water partition coefficient (Wildman–Crippen LogP) is 2.44. The minimum absolute atomic E-state index is 0.0155. The number of nitrogens with one attached hydrogen (secondary N) is 1. The van der Waals surface area contributed by atoms with Crippen molar-refractivity contribution in [2.75, 3.05) is 20.3 Å². The van der Waals surface area contributed by atoms with Crippen molar-refractivity contribution in [1.29, 1.82) is 0 Å². The molecule has 1 saturated carbocycles. The molecule has 176 valence electrons. The van der Waals surface area contributed by atoms with Crippen LogP contribution in [-0.2, 0) is 23.8 Å². The molecule has 0 radical (unpaired) electrons. The third kappa shape index (κ3) is 5.13. The second-order valence-electron chi connectivity index (χ2n) is 9.92. The van der Waals surface area contributed by atoms with Crippen LogP contribution in [0.1, 0.15) is 53.4 Å². The number of nitrogens with zero attached hydrogens (tertiary/aromatic N) is 1. The molecule has 1 N–H and O–H groups in total. The lowest BCUT2D eigenvalue weighted by molar-refractivity contribution is -0.155. The van der Waals surface area contributed by atoms with Gasteiger partial charge in [-0.25, -0.2) is 14.0 Å². The molecule has 9 heteroatoms. The summed E-state index contributed by atoms with van der Waals surface area (Å²) in [5, 5.41) is 2.67. The van der Waals surface area contributed by atoms with Gasteiger partial charge in [-0.15, -0.1) is 0 Å². The van der Waals surface area contributed by atoms with E-state index in [-0.39, 0.29) is 17.8 Å². The Bertz CT molecular complexity index is 690. The maximum absolute atomic E-state index is 14.5. The number of amides is 2. The van der Waals surface area contributed by atoms with E-state index in [4.69, 9.17) is 14.2 Å². The van der Waals surface area contributed by atoms with Gasteiger partial charge in [-0.1, -0.05) is 6.92 Å². The number of rotatable bonds is 4. The summed E-state index contributed by atoms with van der Waals surface area (Å²) >= 11 is 0. The van der Waals surface area contributed by atoms with Gasteiger partial charge in [-0.3, -0.25) is 4.79 Å². The standard InChI is InChI=1S/C22H35FN2O6/c1-12-14(23)9-8-13-11-25(18(16(12)13)20(27)29-5)19(26)17(15-7-6-10-30-15)24-21(28)31-22(2,3)4/h12-18H,6-11H2,1-5H3,(H,24,28)/t12-,13+,14-,15-,16+,17+,18+/m1/s1. The summed E-state index contributed by atoms with van der Waals surface area (Å²) in [5.41, 5.74) is -0.725. The number of carbonyl (C=O) groups is 3. The SMILES string of the molecule is COC(=O)[C@@H]1[C@@H]2[C@@H](CC[C@@H](F)[C@H]2C)CN1C(=O)[C@@H](NC(=O)OC(C)(C)C)[C@H]1CCCO1. The van der Waals surface area contributed by atoms with E-state index in [2.05, 4.69) is 5.32 Å². The number of esters is 1. The fraction of sp³-hybridized carbons (Fsp3) is 0.864. The number of hydrogen-bond donors (Lipinski definition) is 1. The van der Waals surface area contributed by atoms with Crippen LogP contribution < -0.4 is 5.32 Å². The highest BCUT2D eigenvalue weighted by atomic mass is 19.1. The summed E-state index contributed by atoms with van der Waals surface area (Å²) in [6.45, 7) is 7.84. The second kappa shape index (κ2) is 9.30. The van der Waals surface area contributed by atoms with Crippen LogP contribution >= 0.6 is 0 Å². The van der Waals surface area contributed by atoms with Crippen molar-refractivity contribution >= 4 is 18.0 Å². The molecule has 0 aromatic carbocycles. The maximum Gasteiger partial charge on any atom is 0.408 e. The van der Waals surface area contributed by atoms with E-state index >= 15 is 0 Å². The third-order valence-electron chi connectivity index (χ3n) is 6.67. The lowest BCUT2D eigenvalue weighted by Crippen LogP contribution is -2.58. The van der Waals surface area contributed by atoms with Crippen LogP contribution in [0.5, 0.6) is 0 Å². The Hall–Kier alpha value is -1.90. The minimum Gasteiger partial charge on any atom is -0.467 e. The Labute approximate surface area is 183 Å². The molecule has 7 atom stereocenters. The minimum atomic E-state index is -1.02. The molecule has 2 saturated heterocycles. The Kier molecular flexibility index (Phi) is 7.13. The fourth-order valence-corrected chi connectivity index (χ4v) is 5.26. The van der Waals surface area contributed by atoms with E-state index < -0.39 is 47.9 Å². The molecule has 0 bridgehead atoms. The van der Waals surface area contributed by atoms with Gasteiger partial charge in [0, 0.05) is 13.2 Å². The summed E-state index contributed by atoms with van der Waals surface area (Å²) in [6, 6.07) is -1.86. The van der Waals surface area contributed by atoms with Crippen LogP contribution in [0, 0.1) is 17.8 Å². The predicted molar refractivity (Wildman–Crippen MR) is 110 cm³/mol. The van der Waals surface area contributed by atoms with Crippen molar-refractivity contribution in [2.45, 2.75) is 83.3 Å². The Morgan fingerprint density at radius 2 is 1.90 bits per heavy atom. The smallest absolute Gasteiger partial charge is 0.408 e. The molecule has 0 aromatic rings. The Morgan fingerprint density at radius 1 is 1.19 bits per heavy atom. The number of methoxy groups -OCH3 is 1. The number of ether oxygens (including phenoxy) is 3. The van der Waals surface area contributed by atoms with Crippen LogP contribution in [0.15, 0.2) is 0 Å². The monoisotopic (exact) mass is 442 g/mol. The van der Waals surface area contributed by atoms with Crippen molar-refractivity contribution in [3.63, 3.8) is 0 Å². The third-order valence-corrected chi connectivity index (χ3v) is 6.67. The van der Waals surface area contributed by atoms with Crippen LogP contribution in [0.25, 0.3) is 0 Å². The molecule has 3 fully saturated rings. The zero-order chi connectivity index (χ0) is 22.9. The highest BCUT2D eigenvalue weighted by Crippen LogP contribution is 2.45. The largest absolute Gasteiger partial charge is 0.467 e. The molecule has 3 aliphatic rings. The summed E-state index contributed by atoms with van der Waals surface area (Å²) in [4.78, 5) is 40.3. The summed E-state index contributed by atoms with van der Waals surface area (Å²) in [6.07, 6.45) is 0.172. The van der Waals surface area contributed by atoms with Gasteiger partial charge in [-0.05, 0) is 64.2 Å². The van der Waals surface area contributed by atoms with Crippen molar-refractivity contribution in [2.24, 2.45) is 17.8 Å². The molecule has 1 aliphatic carbocycles. The number of carbonyl (C=O) groups excluding carboxylic acids is 3.